The van der Waals surface area contributed by atoms with E-state index in [0.717, 1.165) is 42.1 Å². The minimum Gasteiger partial charge on any atom is -0.481 e. The lowest BCUT2D eigenvalue weighted by molar-refractivity contribution is -0.140. The molecule has 0 radical (unpaired) electrons. The maximum Gasteiger partial charge on any atom is 0.305 e. The highest BCUT2D eigenvalue weighted by Gasteiger charge is 2.28. The van der Waals surface area contributed by atoms with Gasteiger partial charge < -0.3 is 31.8 Å². The lowest BCUT2D eigenvalue weighted by atomic mass is 10.0. The number of fused-ring (bicyclic) bond motifs is 1. The Labute approximate surface area is 228 Å². The molecule has 2 rings (SSSR count). The molecule has 39 heavy (non-hydrogen) atoms. The van der Waals surface area contributed by atoms with Gasteiger partial charge in [0.2, 0.25) is 23.6 Å². The summed E-state index contributed by atoms with van der Waals surface area (Å²) in [4.78, 5) is 64.2. The van der Waals surface area contributed by atoms with Gasteiger partial charge in [0.15, 0.2) is 0 Å². The molecular formula is C28H41N5O6. The van der Waals surface area contributed by atoms with Gasteiger partial charge in [-0.25, -0.2) is 0 Å². The van der Waals surface area contributed by atoms with Gasteiger partial charge in [-0.15, -0.1) is 0 Å². The Morgan fingerprint density at radius 2 is 1.56 bits per heavy atom. The van der Waals surface area contributed by atoms with E-state index in [1.807, 2.05) is 24.3 Å². The van der Waals surface area contributed by atoms with Crippen LogP contribution in [-0.2, 0) is 30.4 Å². The zero-order chi connectivity index (χ0) is 28.8. The zero-order valence-corrected chi connectivity index (χ0v) is 22.8. The number of para-hydroxylation sites is 1. The number of hydrogen-bond donors (Lipinski definition) is 6. The molecule has 0 bridgehead atoms. The van der Waals surface area contributed by atoms with Gasteiger partial charge >= 0.3 is 5.97 Å². The predicted octanol–water partition coefficient (Wildman–Crippen LogP) is 2.29. The molecule has 3 unspecified atom stereocenters. The lowest BCUT2D eigenvalue weighted by Gasteiger charge is -2.22. The fourth-order valence-corrected chi connectivity index (χ4v) is 4.31. The van der Waals surface area contributed by atoms with E-state index >= 15 is 0 Å². The van der Waals surface area contributed by atoms with Crippen LogP contribution in [-0.4, -0.2) is 57.8 Å². The summed E-state index contributed by atoms with van der Waals surface area (Å²) in [5.74, 6) is -3.91. The number of aliphatic carboxylic acids is 1. The standard InChI is InChI=1S/C28H41N5O6/c1-3-4-5-6-7-8-9-14-24(34)32-23(15-19-17-30-21-13-11-10-12-20(19)21)28(39)31-18(2)27(38)33-22(26(29)37)16-25(35)36/h10-13,17-18,22-23,30H,3-9,14-16H2,1-2H3,(H2,29,37)(H,31,39)(H,32,34)(H,33,38)(H,35,36). The van der Waals surface area contributed by atoms with Crippen molar-refractivity contribution in [3.63, 3.8) is 0 Å². The average molecular weight is 544 g/mol. The van der Waals surface area contributed by atoms with Crippen molar-refractivity contribution >= 4 is 40.5 Å². The third kappa shape index (κ3) is 10.8. The Balaban J connectivity index is 2.04. The van der Waals surface area contributed by atoms with Crippen molar-refractivity contribution in [3.05, 3.63) is 36.0 Å². The molecule has 0 aliphatic heterocycles. The van der Waals surface area contributed by atoms with E-state index < -0.39 is 48.2 Å². The number of rotatable bonds is 18. The highest BCUT2D eigenvalue weighted by molar-refractivity contribution is 5.95. The molecule has 1 aromatic carbocycles. The molecule has 0 spiro atoms. The van der Waals surface area contributed by atoms with E-state index in [9.17, 15) is 24.0 Å². The Morgan fingerprint density at radius 3 is 2.23 bits per heavy atom. The lowest BCUT2D eigenvalue weighted by Crippen LogP contribution is -2.56. The van der Waals surface area contributed by atoms with Crippen molar-refractivity contribution < 1.29 is 29.1 Å². The van der Waals surface area contributed by atoms with Crippen molar-refractivity contribution in [2.75, 3.05) is 0 Å². The van der Waals surface area contributed by atoms with Gasteiger partial charge in [-0.2, -0.15) is 0 Å². The van der Waals surface area contributed by atoms with Crippen LogP contribution in [0.1, 0.15) is 77.2 Å². The van der Waals surface area contributed by atoms with Crippen LogP contribution in [0.25, 0.3) is 10.9 Å². The molecular weight excluding hydrogens is 502 g/mol. The Morgan fingerprint density at radius 1 is 0.897 bits per heavy atom. The summed E-state index contributed by atoms with van der Waals surface area (Å²) in [5.41, 5.74) is 6.91. The number of unbranched alkanes of at least 4 members (excludes halogenated alkanes) is 6. The highest BCUT2D eigenvalue weighted by atomic mass is 16.4. The van der Waals surface area contributed by atoms with Gasteiger partial charge in [-0.1, -0.05) is 63.6 Å². The minimum absolute atomic E-state index is 0.190. The van der Waals surface area contributed by atoms with E-state index in [4.69, 9.17) is 10.8 Å². The van der Waals surface area contributed by atoms with Gasteiger partial charge in [0.05, 0.1) is 6.42 Å². The zero-order valence-electron chi connectivity index (χ0n) is 22.8. The number of H-pyrrole nitrogens is 1. The summed E-state index contributed by atoms with van der Waals surface area (Å²) in [6.45, 7) is 3.56. The van der Waals surface area contributed by atoms with Crippen LogP contribution in [0.4, 0.5) is 0 Å². The Bertz CT molecular complexity index is 1130. The van der Waals surface area contributed by atoms with Crippen molar-refractivity contribution in [1.29, 1.82) is 0 Å². The van der Waals surface area contributed by atoms with Crippen LogP contribution in [0, 0.1) is 0 Å². The van der Waals surface area contributed by atoms with Gasteiger partial charge in [-0.05, 0) is 25.0 Å². The summed E-state index contributed by atoms with van der Waals surface area (Å²) in [5, 5.41) is 17.5. The fourth-order valence-electron chi connectivity index (χ4n) is 4.31. The number of aromatic amines is 1. The average Bonchev–Trinajstić information content (AvgIpc) is 3.29. The van der Waals surface area contributed by atoms with Gasteiger partial charge in [0.25, 0.3) is 0 Å². The minimum atomic E-state index is -1.42. The summed E-state index contributed by atoms with van der Waals surface area (Å²) in [6, 6.07) is 4.11. The van der Waals surface area contributed by atoms with Gasteiger partial charge in [0.1, 0.15) is 18.1 Å². The first-order valence-electron chi connectivity index (χ1n) is 13.6. The normalized spacial score (nSPS) is 13.3. The summed E-state index contributed by atoms with van der Waals surface area (Å²) in [7, 11) is 0. The summed E-state index contributed by atoms with van der Waals surface area (Å²) >= 11 is 0. The number of hydrogen-bond acceptors (Lipinski definition) is 5. The Kier molecular flexibility index (Phi) is 13.0. The maximum atomic E-state index is 13.2. The third-order valence-corrected chi connectivity index (χ3v) is 6.55. The molecule has 1 heterocycles. The van der Waals surface area contributed by atoms with Gasteiger partial charge in [-0.3, -0.25) is 24.0 Å². The molecule has 11 heteroatoms. The molecule has 1 aromatic heterocycles. The number of primary amides is 1. The van der Waals surface area contributed by atoms with Crippen LogP contribution in [0.15, 0.2) is 30.5 Å². The second-order valence-corrected chi connectivity index (χ2v) is 9.85. The molecule has 214 valence electrons. The van der Waals surface area contributed by atoms with Crippen LogP contribution in [0.3, 0.4) is 0 Å². The number of nitrogens with two attached hydrogens (primary N) is 1. The van der Waals surface area contributed by atoms with Crippen molar-refractivity contribution in [2.24, 2.45) is 5.73 Å². The first kappa shape index (κ1) is 31.3. The van der Waals surface area contributed by atoms with Crippen LogP contribution < -0.4 is 21.7 Å². The van der Waals surface area contributed by atoms with E-state index in [1.165, 1.54) is 26.2 Å². The van der Waals surface area contributed by atoms with E-state index in [1.54, 1.807) is 6.20 Å². The second kappa shape index (κ2) is 16.2. The monoisotopic (exact) mass is 543 g/mol. The SMILES string of the molecule is CCCCCCCCCC(=O)NC(Cc1c[nH]c2ccccc12)C(=O)NC(C)C(=O)NC(CC(=O)O)C(N)=O. The third-order valence-electron chi connectivity index (χ3n) is 6.55. The smallest absolute Gasteiger partial charge is 0.305 e. The molecule has 11 nitrogen and oxygen atoms in total. The number of carboxylic acid groups (broad SMARTS) is 1. The van der Waals surface area contributed by atoms with Crippen LogP contribution in [0.2, 0.25) is 0 Å². The molecule has 4 amide bonds. The van der Waals surface area contributed by atoms with Crippen molar-refractivity contribution in [1.82, 2.24) is 20.9 Å². The van der Waals surface area contributed by atoms with Gasteiger partial charge in [0, 0.05) is 29.9 Å². The molecule has 0 saturated carbocycles. The molecule has 0 saturated heterocycles. The van der Waals surface area contributed by atoms with Crippen molar-refractivity contribution in [3.8, 4) is 0 Å². The molecule has 0 fully saturated rings. The fraction of sp³-hybridized carbons (Fsp3) is 0.536. The quantitative estimate of drug-likeness (QED) is 0.157. The summed E-state index contributed by atoms with van der Waals surface area (Å²) in [6.07, 6.45) is 9.02. The van der Waals surface area contributed by atoms with E-state index in [2.05, 4.69) is 27.9 Å². The maximum absolute atomic E-state index is 13.2. The van der Waals surface area contributed by atoms with Crippen LogP contribution in [0.5, 0.6) is 0 Å². The first-order valence-corrected chi connectivity index (χ1v) is 13.6. The largest absolute Gasteiger partial charge is 0.481 e. The first-order chi connectivity index (χ1) is 18.6. The molecule has 3 atom stereocenters. The molecule has 7 N–H and O–H groups in total. The summed E-state index contributed by atoms with van der Waals surface area (Å²) < 4.78 is 0. The topological polar surface area (TPSA) is 183 Å². The number of nitrogens with one attached hydrogen (secondary N) is 4. The number of benzene rings is 1. The number of amides is 4. The van der Waals surface area contributed by atoms with Crippen LogP contribution >= 0.6 is 0 Å². The number of aromatic nitrogens is 1. The van der Waals surface area contributed by atoms with E-state index in [0.29, 0.717) is 0 Å². The molecule has 2 aromatic rings. The van der Waals surface area contributed by atoms with E-state index in [-0.39, 0.29) is 18.7 Å². The molecule has 0 aliphatic rings. The number of carbonyl (C=O) groups excluding carboxylic acids is 4. The number of carboxylic acids is 1. The number of carbonyl (C=O) groups is 5. The van der Waals surface area contributed by atoms with Crippen molar-refractivity contribution in [2.45, 2.75) is 96.2 Å². The second-order valence-electron chi connectivity index (χ2n) is 9.85. The highest BCUT2D eigenvalue weighted by Crippen LogP contribution is 2.19. The predicted molar refractivity (Wildman–Crippen MR) is 148 cm³/mol. The Hall–Kier alpha value is -3.89. The molecule has 0 aliphatic carbocycles.